The van der Waals surface area contributed by atoms with E-state index in [0.29, 0.717) is 19.7 Å². The van der Waals surface area contributed by atoms with E-state index in [9.17, 15) is 4.79 Å². The predicted octanol–water partition coefficient (Wildman–Crippen LogP) is 3.32. The fourth-order valence-corrected chi connectivity index (χ4v) is 3.55. The molecule has 1 saturated heterocycles. The van der Waals surface area contributed by atoms with Crippen LogP contribution in [-0.4, -0.2) is 53.0 Å². The lowest BCUT2D eigenvalue weighted by molar-refractivity contribution is -0.143. The number of nitrogens with zero attached hydrogens (tertiary/aromatic N) is 3. The molecule has 1 aliphatic heterocycles. The SMILES string of the molecule is CCn1cccc1-c1ccccc1C=NOCCN1CCCC(C(=O)O)C1. The van der Waals surface area contributed by atoms with Gasteiger partial charge in [0.05, 0.1) is 12.1 Å². The van der Waals surface area contributed by atoms with Crippen LogP contribution in [0.15, 0.2) is 47.8 Å². The minimum absolute atomic E-state index is 0.260. The molecule has 0 bridgehead atoms. The summed E-state index contributed by atoms with van der Waals surface area (Å²) < 4.78 is 2.20. The second-order valence-corrected chi connectivity index (χ2v) is 6.81. The van der Waals surface area contributed by atoms with Gasteiger partial charge in [-0.25, -0.2) is 0 Å². The van der Waals surface area contributed by atoms with E-state index in [2.05, 4.69) is 39.9 Å². The minimum Gasteiger partial charge on any atom is -0.481 e. The van der Waals surface area contributed by atoms with E-state index in [1.54, 1.807) is 6.21 Å². The fourth-order valence-electron chi connectivity index (χ4n) is 3.55. The number of piperidine rings is 1. The van der Waals surface area contributed by atoms with Crippen molar-refractivity contribution < 1.29 is 14.7 Å². The van der Waals surface area contributed by atoms with Crippen LogP contribution in [0.5, 0.6) is 0 Å². The van der Waals surface area contributed by atoms with Crippen molar-refractivity contribution in [2.75, 3.05) is 26.2 Å². The third-order valence-corrected chi connectivity index (χ3v) is 5.03. The average molecular weight is 369 g/mol. The first-order chi connectivity index (χ1) is 13.2. The number of carbonyl (C=O) groups is 1. The second kappa shape index (κ2) is 9.37. The van der Waals surface area contributed by atoms with Gasteiger partial charge in [0.2, 0.25) is 0 Å². The normalized spacial score (nSPS) is 18.0. The van der Waals surface area contributed by atoms with Gasteiger partial charge in [-0.3, -0.25) is 9.69 Å². The summed E-state index contributed by atoms with van der Waals surface area (Å²) in [6.07, 6.45) is 5.51. The zero-order valence-electron chi connectivity index (χ0n) is 15.8. The van der Waals surface area contributed by atoms with Crippen molar-refractivity contribution in [1.82, 2.24) is 9.47 Å². The summed E-state index contributed by atoms with van der Waals surface area (Å²) in [5, 5.41) is 13.3. The standard InChI is InChI=1S/C21H27N3O3/c1-2-24-12-6-10-20(24)19-9-4-3-7-17(19)15-22-27-14-13-23-11-5-8-18(16-23)21(25)26/h3-4,6-7,9-10,12,15,18H,2,5,8,11,13-14,16H2,1H3,(H,25,26). The number of carboxylic acids is 1. The van der Waals surface area contributed by atoms with E-state index in [0.717, 1.165) is 42.8 Å². The highest BCUT2D eigenvalue weighted by molar-refractivity contribution is 5.89. The number of hydrogen-bond acceptors (Lipinski definition) is 4. The summed E-state index contributed by atoms with van der Waals surface area (Å²) in [7, 11) is 0. The van der Waals surface area contributed by atoms with Crippen LogP contribution in [0, 0.1) is 5.92 Å². The quantitative estimate of drug-likeness (QED) is 0.440. The molecule has 0 aliphatic carbocycles. The number of benzene rings is 1. The molecular formula is C21H27N3O3. The van der Waals surface area contributed by atoms with Gasteiger partial charge in [-0.15, -0.1) is 0 Å². The van der Waals surface area contributed by atoms with E-state index >= 15 is 0 Å². The Kier molecular flexibility index (Phi) is 6.65. The van der Waals surface area contributed by atoms with Crippen LogP contribution in [0.25, 0.3) is 11.3 Å². The predicted molar refractivity (Wildman–Crippen MR) is 106 cm³/mol. The molecule has 27 heavy (non-hydrogen) atoms. The number of hydrogen-bond donors (Lipinski definition) is 1. The van der Waals surface area contributed by atoms with Gasteiger partial charge in [0.15, 0.2) is 0 Å². The molecule has 0 amide bonds. The Morgan fingerprint density at radius 3 is 3.00 bits per heavy atom. The van der Waals surface area contributed by atoms with Gasteiger partial charge in [0, 0.05) is 42.7 Å². The maximum absolute atomic E-state index is 11.1. The Morgan fingerprint density at radius 1 is 1.33 bits per heavy atom. The lowest BCUT2D eigenvalue weighted by Gasteiger charge is -2.29. The van der Waals surface area contributed by atoms with Crippen LogP contribution in [0.1, 0.15) is 25.3 Å². The van der Waals surface area contributed by atoms with Gasteiger partial charge < -0.3 is 14.5 Å². The highest BCUT2D eigenvalue weighted by Gasteiger charge is 2.24. The first kappa shape index (κ1) is 19.2. The van der Waals surface area contributed by atoms with Crippen LogP contribution < -0.4 is 0 Å². The lowest BCUT2D eigenvalue weighted by atomic mass is 9.98. The van der Waals surface area contributed by atoms with Crippen LogP contribution in [0.3, 0.4) is 0 Å². The van der Waals surface area contributed by atoms with E-state index in [4.69, 9.17) is 9.94 Å². The average Bonchev–Trinajstić information content (AvgIpc) is 3.17. The third-order valence-electron chi connectivity index (χ3n) is 5.03. The topological polar surface area (TPSA) is 67.1 Å². The molecule has 1 N–H and O–H groups in total. The Balaban J connectivity index is 1.54. The number of rotatable bonds is 8. The first-order valence-corrected chi connectivity index (χ1v) is 9.54. The highest BCUT2D eigenvalue weighted by atomic mass is 16.6. The number of aliphatic carboxylic acids is 1. The van der Waals surface area contributed by atoms with Gasteiger partial charge >= 0.3 is 5.97 Å². The lowest BCUT2D eigenvalue weighted by Crippen LogP contribution is -2.40. The molecule has 1 aromatic carbocycles. The Labute approximate surface area is 160 Å². The molecular weight excluding hydrogens is 342 g/mol. The molecule has 1 fully saturated rings. The second-order valence-electron chi connectivity index (χ2n) is 6.81. The van der Waals surface area contributed by atoms with Gasteiger partial charge in [-0.05, 0) is 38.4 Å². The molecule has 6 nitrogen and oxygen atoms in total. The largest absolute Gasteiger partial charge is 0.481 e. The summed E-state index contributed by atoms with van der Waals surface area (Å²) >= 11 is 0. The van der Waals surface area contributed by atoms with E-state index in [-0.39, 0.29) is 5.92 Å². The number of likely N-dealkylation sites (tertiary alicyclic amines) is 1. The first-order valence-electron chi connectivity index (χ1n) is 9.54. The molecule has 0 spiro atoms. The van der Waals surface area contributed by atoms with E-state index in [1.165, 1.54) is 0 Å². The van der Waals surface area contributed by atoms with Crippen LogP contribution >= 0.6 is 0 Å². The minimum atomic E-state index is -0.702. The van der Waals surface area contributed by atoms with Crippen molar-refractivity contribution >= 4 is 12.2 Å². The van der Waals surface area contributed by atoms with Crippen molar-refractivity contribution in [3.8, 4) is 11.3 Å². The Bertz CT molecular complexity index is 784. The van der Waals surface area contributed by atoms with Crippen molar-refractivity contribution in [2.45, 2.75) is 26.3 Å². The summed E-state index contributed by atoms with van der Waals surface area (Å²) in [5.74, 6) is -0.962. The molecule has 144 valence electrons. The number of oxime groups is 1. The molecule has 2 aromatic rings. The summed E-state index contributed by atoms with van der Waals surface area (Å²) in [6, 6.07) is 12.3. The molecule has 1 aromatic heterocycles. The number of carboxylic acid groups (broad SMARTS) is 1. The zero-order chi connectivity index (χ0) is 19.1. The molecule has 1 atom stereocenters. The fraction of sp³-hybridized carbons (Fsp3) is 0.429. The van der Waals surface area contributed by atoms with Gasteiger partial charge in [0.1, 0.15) is 6.61 Å². The van der Waals surface area contributed by atoms with Gasteiger partial charge in [0.25, 0.3) is 0 Å². The van der Waals surface area contributed by atoms with Crippen LogP contribution in [0.4, 0.5) is 0 Å². The zero-order valence-corrected chi connectivity index (χ0v) is 15.8. The Morgan fingerprint density at radius 2 is 2.19 bits per heavy atom. The molecule has 0 saturated carbocycles. The molecule has 1 unspecified atom stereocenters. The Hall–Kier alpha value is -2.60. The van der Waals surface area contributed by atoms with Crippen molar-refractivity contribution in [2.24, 2.45) is 11.1 Å². The smallest absolute Gasteiger partial charge is 0.307 e. The van der Waals surface area contributed by atoms with Gasteiger partial charge in [-0.2, -0.15) is 0 Å². The van der Waals surface area contributed by atoms with Crippen molar-refractivity contribution in [3.63, 3.8) is 0 Å². The molecule has 1 aliphatic rings. The monoisotopic (exact) mass is 369 g/mol. The van der Waals surface area contributed by atoms with Gasteiger partial charge in [-0.1, -0.05) is 29.4 Å². The maximum Gasteiger partial charge on any atom is 0.307 e. The van der Waals surface area contributed by atoms with Crippen molar-refractivity contribution in [3.05, 3.63) is 48.2 Å². The summed E-state index contributed by atoms with van der Waals surface area (Å²) in [4.78, 5) is 18.7. The third kappa shape index (κ3) is 4.98. The van der Waals surface area contributed by atoms with Crippen LogP contribution in [-0.2, 0) is 16.2 Å². The van der Waals surface area contributed by atoms with Crippen LogP contribution in [0.2, 0.25) is 0 Å². The van der Waals surface area contributed by atoms with Crippen molar-refractivity contribution in [1.29, 1.82) is 0 Å². The maximum atomic E-state index is 11.1. The van der Waals surface area contributed by atoms with E-state index < -0.39 is 5.97 Å². The molecule has 0 radical (unpaired) electrons. The molecule has 3 rings (SSSR count). The summed E-state index contributed by atoms with van der Waals surface area (Å²) in [6.45, 7) is 5.71. The molecule has 2 heterocycles. The molecule has 6 heteroatoms. The number of aromatic nitrogens is 1. The number of aryl methyl sites for hydroxylation is 1. The summed E-state index contributed by atoms with van der Waals surface area (Å²) in [5.41, 5.74) is 3.29. The van der Waals surface area contributed by atoms with E-state index in [1.807, 2.05) is 24.3 Å². The highest BCUT2D eigenvalue weighted by Crippen LogP contribution is 2.23.